The standard InChI is InChI=1S/C28H23N5O4/c1-36-17-37-25-11-9-19-14-21(25)22-10-12-26(34)33(31-22)16-18-5-4-6-20(13-18)27(35)30-28-29-23-7-2-3-8-24(23)32(28)15-19/h2-14H,15-17H2,1H3,(H,29,30,35). The molecule has 0 aliphatic carbocycles. The van der Waals surface area contributed by atoms with Gasteiger partial charge in [-0.3, -0.25) is 14.9 Å². The molecule has 184 valence electrons. The van der Waals surface area contributed by atoms with E-state index in [0.717, 1.165) is 27.7 Å². The molecule has 37 heavy (non-hydrogen) atoms. The van der Waals surface area contributed by atoms with Gasteiger partial charge in [0.15, 0.2) is 6.79 Å². The first kappa shape index (κ1) is 22.7. The maximum atomic E-state index is 13.2. The van der Waals surface area contributed by atoms with E-state index >= 15 is 0 Å². The van der Waals surface area contributed by atoms with Crippen molar-refractivity contribution in [3.8, 4) is 17.0 Å². The third-order valence-corrected chi connectivity index (χ3v) is 6.26. The Balaban J connectivity index is 1.58. The SMILES string of the molecule is COCOc1ccc2cc1-c1ccc(=O)n(n1)Cc1cccc(c1)C(=O)Nc1nc3ccccc3n1C2. The minimum atomic E-state index is -0.286. The van der Waals surface area contributed by atoms with Gasteiger partial charge in [0.05, 0.1) is 29.8 Å². The van der Waals surface area contributed by atoms with E-state index in [2.05, 4.69) is 10.4 Å². The van der Waals surface area contributed by atoms with Crippen molar-refractivity contribution in [1.29, 1.82) is 0 Å². The van der Waals surface area contributed by atoms with Crippen molar-refractivity contribution in [2.75, 3.05) is 19.2 Å². The minimum absolute atomic E-state index is 0.0706. The molecule has 0 saturated carbocycles. The van der Waals surface area contributed by atoms with E-state index in [4.69, 9.17) is 14.5 Å². The highest BCUT2D eigenvalue weighted by molar-refractivity contribution is 6.04. The van der Waals surface area contributed by atoms with Gasteiger partial charge in [0.25, 0.3) is 11.5 Å². The molecule has 3 aromatic carbocycles. The highest BCUT2D eigenvalue weighted by Gasteiger charge is 2.18. The Kier molecular flexibility index (Phi) is 5.74. The van der Waals surface area contributed by atoms with Crippen LogP contribution in [0.25, 0.3) is 22.3 Å². The minimum Gasteiger partial charge on any atom is -0.467 e. The molecule has 6 rings (SSSR count). The molecule has 0 saturated heterocycles. The molecule has 1 aliphatic heterocycles. The Labute approximate surface area is 211 Å². The monoisotopic (exact) mass is 493 g/mol. The lowest BCUT2D eigenvalue weighted by atomic mass is 10.1. The number of benzene rings is 3. The first-order valence-corrected chi connectivity index (χ1v) is 11.8. The van der Waals surface area contributed by atoms with Crippen LogP contribution in [-0.2, 0) is 17.8 Å². The van der Waals surface area contributed by atoms with Crippen molar-refractivity contribution in [3.05, 3.63) is 106 Å². The van der Waals surface area contributed by atoms with Crippen LogP contribution in [0.15, 0.2) is 83.7 Å². The van der Waals surface area contributed by atoms with Crippen LogP contribution in [-0.4, -0.2) is 39.1 Å². The molecule has 1 aliphatic rings. The molecule has 0 atom stereocenters. The number of nitrogens with zero attached hydrogens (tertiary/aromatic N) is 4. The number of carbonyl (C=O) groups excluding carboxylic acids is 1. The number of aromatic nitrogens is 4. The van der Waals surface area contributed by atoms with Gasteiger partial charge in [-0.2, -0.15) is 5.10 Å². The summed E-state index contributed by atoms with van der Waals surface area (Å²) < 4.78 is 14.3. The third kappa shape index (κ3) is 4.36. The van der Waals surface area contributed by atoms with Gasteiger partial charge in [-0.1, -0.05) is 30.3 Å². The van der Waals surface area contributed by atoms with Crippen molar-refractivity contribution in [2.45, 2.75) is 13.1 Å². The lowest BCUT2D eigenvalue weighted by Crippen LogP contribution is -2.23. The topological polar surface area (TPSA) is 100 Å². The molecule has 1 N–H and O–H groups in total. The molecule has 1 amide bonds. The number of methoxy groups -OCH3 is 1. The van der Waals surface area contributed by atoms with E-state index in [1.807, 2.05) is 53.1 Å². The molecule has 0 radical (unpaired) electrons. The lowest BCUT2D eigenvalue weighted by Gasteiger charge is -2.15. The maximum Gasteiger partial charge on any atom is 0.267 e. The van der Waals surface area contributed by atoms with Gasteiger partial charge in [0.2, 0.25) is 5.95 Å². The number of amides is 1. The zero-order valence-electron chi connectivity index (χ0n) is 20.0. The normalized spacial score (nSPS) is 12.8. The second kappa shape index (κ2) is 9.36. The summed E-state index contributed by atoms with van der Waals surface area (Å²) in [5.41, 5.74) is 4.91. The van der Waals surface area contributed by atoms with Crippen molar-refractivity contribution in [2.24, 2.45) is 0 Å². The lowest BCUT2D eigenvalue weighted by molar-refractivity contribution is 0.0515. The molecule has 5 aromatic rings. The predicted molar refractivity (Wildman–Crippen MR) is 139 cm³/mol. The van der Waals surface area contributed by atoms with Crippen LogP contribution < -0.4 is 15.6 Å². The summed E-state index contributed by atoms with van der Waals surface area (Å²) >= 11 is 0. The Morgan fingerprint density at radius 1 is 0.919 bits per heavy atom. The van der Waals surface area contributed by atoms with Gasteiger partial charge >= 0.3 is 0 Å². The number of anilines is 1. The number of hydrogen-bond acceptors (Lipinski definition) is 6. The molecular weight excluding hydrogens is 470 g/mol. The molecule has 2 aromatic heterocycles. The summed E-state index contributed by atoms with van der Waals surface area (Å²) in [5, 5.41) is 7.63. The van der Waals surface area contributed by atoms with E-state index < -0.39 is 0 Å². The predicted octanol–water partition coefficient (Wildman–Crippen LogP) is 3.91. The Morgan fingerprint density at radius 2 is 1.78 bits per heavy atom. The van der Waals surface area contributed by atoms with Gasteiger partial charge in [-0.05, 0) is 53.6 Å². The summed E-state index contributed by atoms with van der Waals surface area (Å²) in [6.07, 6.45) is 0. The smallest absolute Gasteiger partial charge is 0.267 e. The summed E-state index contributed by atoms with van der Waals surface area (Å²) in [6.45, 7) is 0.717. The van der Waals surface area contributed by atoms with E-state index in [9.17, 15) is 9.59 Å². The fraction of sp³-hybridized carbons (Fsp3) is 0.143. The summed E-state index contributed by atoms with van der Waals surface area (Å²) in [5.74, 6) is 0.743. The first-order chi connectivity index (χ1) is 18.1. The second-order valence-corrected chi connectivity index (χ2v) is 8.76. The van der Waals surface area contributed by atoms with Crippen LogP contribution in [0.3, 0.4) is 0 Å². The number of hydrogen-bond donors (Lipinski definition) is 1. The Hall–Kier alpha value is -4.76. The number of para-hydroxylation sites is 2. The summed E-state index contributed by atoms with van der Waals surface area (Å²) in [4.78, 5) is 30.6. The zero-order chi connectivity index (χ0) is 25.4. The number of imidazole rings is 1. The molecule has 0 spiro atoms. The maximum absolute atomic E-state index is 13.2. The van der Waals surface area contributed by atoms with Crippen molar-refractivity contribution in [3.63, 3.8) is 0 Å². The quantitative estimate of drug-likeness (QED) is 0.383. The van der Waals surface area contributed by atoms with Gasteiger partial charge in [0, 0.05) is 24.3 Å². The van der Waals surface area contributed by atoms with Crippen LogP contribution in [0.2, 0.25) is 0 Å². The number of nitrogens with one attached hydrogen (secondary N) is 1. The van der Waals surface area contributed by atoms with Gasteiger partial charge in [-0.25, -0.2) is 9.67 Å². The van der Waals surface area contributed by atoms with Crippen LogP contribution in [0, 0.1) is 0 Å². The Bertz CT molecular complexity index is 1700. The second-order valence-electron chi connectivity index (χ2n) is 8.76. The molecule has 3 heterocycles. The average molecular weight is 494 g/mol. The van der Waals surface area contributed by atoms with E-state index in [1.165, 1.54) is 10.7 Å². The zero-order valence-corrected chi connectivity index (χ0v) is 20.0. The van der Waals surface area contributed by atoms with Crippen LogP contribution in [0.1, 0.15) is 21.5 Å². The summed E-state index contributed by atoms with van der Waals surface area (Å²) in [6, 6.07) is 23.9. The third-order valence-electron chi connectivity index (χ3n) is 6.26. The van der Waals surface area contributed by atoms with E-state index in [-0.39, 0.29) is 24.8 Å². The average Bonchev–Trinajstić information content (AvgIpc) is 3.25. The molecule has 9 heteroatoms. The van der Waals surface area contributed by atoms with E-state index in [1.54, 1.807) is 31.4 Å². The van der Waals surface area contributed by atoms with Crippen LogP contribution >= 0.6 is 0 Å². The van der Waals surface area contributed by atoms with E-state index in [0.29, 0.717) is 29.5 Å². The fourth-order valence-corrected chi connectivity index (χ4v) is 4.50. The van der Waals surface area contributed by atoms with Gasteiger partial charge in [0.1, 0.15) is 5.75 Å². The highest BCUT2D eigenvalue weighted by atomic mass is 16.7. The van der Waals surface area contributed by atoms with Crippen molar-refractivity contribution in [1.82, 2.24) is 19.3 Å². The molecule has 0 fully saturated rings. The fourth-order valence-electron chi connectivity index (χ4n) is 4.50. The number of rotatable bonds is 3. The van der Waals surface area contributed by atoms with Crippen LogP contribution in [0.4, 0.5) is 5.95 Å². The number of ether oxygens (including phenoxy) is 2. The number of fused-ring (bicyclic) bond motifs is 10. The first-order valence-electron chi connectivity index (χ1n) is 11.8. The molecule has 0 unspecified atom stereocenters. The van der Waals surface area contributed by atoms with Crippen molar-refractivity contribution < 1.29 is 14.3 Å². The molecule has 9 nitrogen and oxygen atoms in total. The molecule has 6 bridgehead atoms. The van der Waals surface area contributed by atoms with Gasteiger partial charge in [-0.15, -0.1) is 0 Å². The van der Waals surface area contributed by atoms with Crippen LogP contribution in [0.5, 0.6) is 5.75 Å². The van der Waals surface area contributed by atoms with Gasteiger partial charge < -0.3 is 14.0 Å². The van der Waals surface area contributed by atoms with Crippen molar-refractivity contribution >= 4 is 22.9 Å². The summed E-state index contributed by atoms with van der Waals surface area (Å²) in [7, 11) is 1.56. The Morgan fingerprint density at radius 3 is 2.68 bits per heavy atom. The largest absolute Gasteiger partial charge is 0.467 e. The number of carbonyl (C=O) groups is 1. The molecular formula is C28H23N5O4. The highest BCUT2D eigenvalue weighted by Crippen LogP contribution is 2.31.